The van der Waals surface area contributed by atoms with E-state index in [0.717, 1.165) is 11.3 Å². The number of thiazole rings is 1. The monoisotopic (exact) mass is 471 g/mol. The molecule has 0 unspecified atom stereocenters. The topological polar surface area (TPSA) is 131 Å². The normalized spacial score (nSPS) is 10.7. The van der Waals surface area contributed by atoms with E-state index in [1.54, 1.807) is 36.2 Å². The smallest absolute Gasteiger partial charge is 0.418 e. The number of nitrogens with zero attached hydrogens (tertiary/aromatic N) is 4. The summed E-state index contributed by atoms with van der Waals surface area (Å²) in [6, 6.07) is 13.4. The minimum atomic E-state index is -0.790. The van der Waals surface area contributed by atoms with Crippen molar-refractivity contribution in [3.63, 3.8) is 0 Å². The number of phenolic OH excluding ortho intramolecular Hbond substituents is 1. The van der Waals surface area contributed by atoms with Gasteiger partial charge in [0.05, 0.1) is 10.6 Å². The first-order valence-corrected chi connectivity index (χ1v) is 10.2. The number of halogens is 1. The number of non-ortho nitro benzene ring substituents is 1. The Morgan fingerprint density at radius 1 is 1.19 bits per heavy atom. The summed E-state index contributed by atoms with van der Waals surface area (Å²) in [5.41, 5.74) is 0.983. The van der Waals surface area contributed by atoms with E-state index in [4.69, 9.17) is 16.3 Å². The Hall–Kier alpha value is -3.96. The van der Waals surface area contributed by atoms with Crippen molar-refractivity contribution in [2.24, 2.45) is 0 Å². The largest absolute Gasteiger partial charge is 0.506 e. The molecule has 162 valence electrons. The zero-order valence-electron chi connectivity index (χ0n) is 16.4. The number of hydrogen-bond donors (Lipinski definition) is 2. The number of nitro benzene ring substituents is 1. The number of rotatable bonds is 5. The summed E-state index contributed by atoms with van der Waals surface area (Å²) in [4.78, 5) is 33.4. The molecule has 2 aromatic heterocycles. The molecule has 12 heteroatoms. The zero-order valence-corrected chi connectivity index (χ0v) is 17.9. The van der Waals surface area contributed by atoms with Gasteiger partial charge in [0.1, 0.15) is 27.7 Å². The maximum atomic E-state index is 12.1. The van der Waals surface area contributed by atoms with Gasteiger partial charge in [-0.15, -0.1) is 0 Å². The molecule has 0 bridgehead atoms. The van der Waals surface area contributed by atoms with E-state index in [0.29, 0.717) is 26.9 Å². The van der Waals surface area contributed by atoms with Crippen LogP contribution >= 0.6 is 22.9 Å². The van der Waals surface area contributed by atoms with Crippen molar-refractivity contribution in [2.75, 3.05) is 17.3 Å². The molecule has 2 heterocycles. The van der Waals surface area contributed by atoms with Crippen molar-refractivity contribution in [3.05, 3.63) is 69.7 Å². The van der Waals surface area contributed by atoms with E-state index in [9.17, 15) is 20.0 Å². The van der Waals surface area contributed by atoms with Gasteiger partial charge >= 0.3 is 6.09 Å². The van der Waals surface area contributed by atoms with E-state index in [1.807, 2.05) is 0 Å². The molecule has 0 saturated heterocycles. The second-order valence-electron chi connectivity index (χ2n) is 6.47. The summed E-state index contributed by atoms with van der Waals surface area (Å²) in [5, 5.41) is 24.0. The molecule has 0 aliphatic rings. The van der Waals surface area contributed by atoms with Crippen molar-refractivity contribution in [2.45, 2.75) is 0 Å². The van der Waals surface area contributed by atoms with Crippen LogP contribution in [-0.2, 0) is 0 Å². The maximum Gasteiger partial charge on any atom is 0.418 e. The lowest BCUT2D eigenvalue weighted by Crippen LogP contribution is -2.16. The molecule has 10 nitrogen and oxygen atoms in total. The van der Waals surface area contributed by atoms with E-state index in [-0.39, 0.29) is 22.3 Å². The Balaban J connectivity index is 1.48. The Morgan fingerprint density at radius 2 is 1.94 bits per heavy atom. The first-order valence-electron chi connectivity index (χ1n) is 9.03. The molecule has 0 saturated carbocycles. The van der Waals surface area contributed by atoms with Crippen LogP contribution in [0.3, 0.4) is 0 Å². The number of aromatic nitrogens is 2. The molecule has 2 N–H and O–H groups in total. The van der Waals surface area contributed by atoms with Gasteiger partial charge in [-0.2, -0.15) is 0 Å². The number of anilines is 3. The third-order valence-electron chi connectivity index (χ3n) is 4.35. The number of nitro groups is 1. The zero-order chi connectivity index (χ0) is 22.8. The number of hydrogen-bond acceptors (Lipinski definition) is 9. The molecule has 0 radical (unpaired) electrons. The quantitative estimate of drug-likeness (QED) is 0.294. The highest BCUT2D eigenvalue weighted by Gasteiger charge is 2.15. The Morgan fingerprint density at radius 3 is 2.62 bits per heavy atom. The van der Waals surface area contributed by atoms with Gasteiger partial charge in [0, 0.05) is 30.3 Å². The van der Waals surface area contributed by atoms with Gasteiger partial charge in [0.2, 0.25) is 0 Å². The van der Waals surface area contributed by atoms with Gasteiger partial charge in [-0.3, -0.25) is 15.4 Å². The number of aromatic hydroxyl groups is 1. The first kappa shape index (κ1) is 21.3. The number of pyridine rings is 1. The third-order valence-corrected chi connectivity index (χ3v) is 5.47. The lowest BCUT2D eigenvalue weighted by molar-refractivity contribution is -0.384. The van der Waals surface area contributed by atoms with E-state index >= 15 is 0 Å². The van der Waals surface area contributed by atoms with Crippen molar-refractivity contribution in [1.82, 2.24) is 9.97 Å². The second-order valence-corrected chi connectivity index (χ2v) is 7.88. The van der Waals surface area contributed by atoms with Crippen molar-refractivity contribution in [3.8, 4) is 11.5 Å². The average Bonchev–Trinajstić information content (AvgIpc) is 3.14. The standard InChI is InChI=1S/C20H14ClN5O5S/c1-25(15-8-2-11(21)10-16(15)27)17-9-7-14-18(23-17)32-19(22-14)24-20(28)31-13-5-3-12(4-6-13)26(29)30/h2-10,27H,1H3,(H,22,24,28). The minimum Gasteiger partial charge on any atom is -0.506 e. The fourth-order valence-electron chi connectivity index (χ4n) is 2.81. The molecule has 0 atom stereocenters. The SMILES string of the molecule is CN(c1ccc2nc(NC(=O)Oc3ccc([N+](=O)[O-])cc3)sc2n1)c1ccc(Cl)cc1O. The number of carbonyl (C=O) groups is 1. The van der Waals surface area contributed by atoms with Crippen LogP contribution in [0, 0.1) is 10.1 Å². The number of fused-ring (bicyclic) bond motifs is 1. The van der Waals surface area contributed by atoms with Crippen LogP contribution in [-0.4, -0.2) is 33.1 Å². The molecular formula is C20H14ClN5O5S. The fourth-order valence-corrected chi connectivity index (χ4v) is 3.79. The van der Waals surface area contributed by atoms with Gasteiger partial charge in [0.25, 0.3) is 5.69 Å². The number of phenols is 1. The van der Waals surface area contributed by atoms with E-state index in [2.05, 4.69) is 15.3 Å². The van der Waals surface area contributed by atoms with Crippen LogP contribution < -0.4 is 15.0 Å². The highest BCUT2D eigenvalue weighted by atomic mass is 35.5. The van der Waals surface area contributed by atoms with Gasteiger partial charge in [-0.1, -0.05) is 22.9 Å². The molecule has 0 spiro atoms. The lowest BCUT2D eigenvalue weighted by Gasteiger charge is -2.19. The average molecular weight is 472 g/mol. The van der Waals surface area contributed by atoms with Crippen LogP contribution in [0.2, 0.25) is 5.02 Å². The maximum absolute atomic E-state index is 12.1. The molecule has 4 rings (SSSR count). The third kappa shape index (κ3) is 4.53. The summed E-state index contributed by atoms with van der Waals surface area (Å²) < 4.78 is 5.12. The number of carbonyl (C=O) groups excluding carboxylic acids is 1. The number of nitrogens with one attached hydrogen (secondary N) is 1. The summed E-state index contributed by atoms with van der Waals surface area (Å²) in [5.74, 6) is 0.723. The van der Waals surface area contributed by atoms with Crippen LogP contribution in [0.1, 0.15) is 0 Å². The Labute approximate surface area is 189 Å². The highest BCUT2D eigenvalue weighted by molar-refractivity contribution is 7.21. The number of ether oxygens (including phenoxy) is 1. The number of amides is 1. The molecule has 0 fully saturated rings. The molecule has 1 amide bonds. The van der Waals surface area contributed by atoms with Gasteiger partial charge in [-0.25, -0.2) is 14.8 Å². The highest BCUT2D eigenvalue weighted by Crippen LogP contribution is 2.34. The van der Waals surface area contributed by atoms with E-state index < -0.39 is 11.0 Å². The Kier molecular flexibility index (Phi) is 5.75. The molecule has 0 aliphatic carbocycles. The van der Waals surface area contributed by atoms with Crippen molar-refractivity contribution < 1.29 is 19.6 Å². The molecule has 2 aromatic carbocycles. The first-order chi connectivity index (χ1) is 15.3. The minimum absolute atomic E-state index is 0.0162. The van der Waals surface area contributed by atoms with Gasteiger partial charge < -0.3 is 14.7 Å². The van der Waals surface area contributed by atoms with Gasteiger partial charge in [-0.05, 0) is 36.4 Å². The summed E-state index contributed by atoms with van der Waals surface area (Å²) in [6.45, 7) is 0. The molecule has 0 aliphatic heterocycles. The molecular weight excluding hydrogens is 458 g/mol. The van der Waals surface area contributed by atoms with E-state index in [1.165, 1.54) is 30.3 Å². The molecule has 4 aromatic rings. The Bertz CT molecular complexity index is 1330. The van der Waals surface area contributed by atoms with Crippen LogP contribution in [0.4, 0.5) is 27.1 Å². The predicted molar refractivity (Wildman–Crippen MR) is 121 cm³/mol. The molecule has 32 heavy (non-hydrogen) atoms. The van der Waals surface area contributed by atoms with Crippen molar-refractivity contribution >= 4 is 61.7 Å². The fraction of sp³-hybridized carbons (Fsp3) is 0.0500. The van der Waals surface area contributed by atoms with Crippen LogP contribution in [0.25, 0.3) is 10.3 Å². The second kappa shape index (κ2) is 8.65. The predicted octanol–water partition coefficient (Wildman–Crippen LogP) is 5.34. The number of benzene rings is 2. The van der Waals surface area contributed by atoms with Crippen LogP contribution in [0.15, 0.2) is 54.6 Å². The summed E-state index contributed by atoms with van der Waals surface area (Å²) in [6.07, 6.45) is -0.790. The van der Waals surface area contributed by atoms with Gasteiger partial charge in [0.15, 0.2) is 5.13 Å². The lowest BCUT2D eigenvalue weighted by atomic mass is 10.2. The summed E-state index contributed by atoms with van der Waals surface area (Å²) in [7, 11) is 1.75. The van der Waals surface area contributed by atoms with Crippen LogP contribution in [0.5, 0.6) is 11.5 Å². The van der Waals surface area contributed by atoms with Crippen molar-refractivity contribution in [1.29, 1.82) is 0 Å². The summed E-state index contributed by atoms with van der Waals surface area (Å²) >= 11 is 7.03.